The number of carbonyl (C=O) groups is 1. The summed E-state index contributed by atoms with van der Waals surface area (Å²) in [5, 5.41) is 0. The highest BCUT2D eigenvalue weighted by Gasteiger charge is 2.30. The molecule has 0 saturated carbocycles. The molecule has 1 amide bonds. The van der Waals surface area contributed by atoms with Crippen molar-refractivity contribution < 1.29 is 4.79 Å². The Morgan fingerprint density at radius 2 is 2.12 bits per heavy atom. The second-order valence-electron chi connectivity index (χ2n) is 5.72. The number of anilines is 1. The average molecular weight is 592 g/mol. The first kappa shape index (κ1) is 18.0. The van der Waals surface area contributed by atoms with Gasteiger partial charge in [-0.05, 0) is 59.2 Å². The third-order valence-electron chi connectivity index (χ3n) is 4.11. The van der Waals surface area contributed by atoms with Crippen LogP contribution in [0.15, 0.2) is 46.8 Å². The fraction of sp³-hybridized carbons (Fsp3) is 0.222. The number of thiazole rings is 1. The number of benzene rings is 2. The Balaban J connectivity index is 1.55. The lowest BCUT2D eigenvalue weighted by molar-refractivity contribution is -0.116. The SMILES string of the molecule is O=C(CSc1nc2ccccc2s1)N1c2c(I)cccc2CCC1I. The Kier molecular flexibility index (Phi) is 5.54. The van der Waals surface area contributed by atoms with Crippen LogP contribution in [0.5, 0.6) is 0 Å². The van der Waals surface area contributed by atoms with Crippen molar-refractivity contribution in [1.82, 2.24) is 4.98 Å². The van der Waals surface area contributed by atoms with Crippen LogP contribution in [0.3, 0.4) is 0 Å². The van der Waals surface area contributed by atoms with Crippen LogP contribution in [0.4, 0.5) is 5.69 Å². The zero-order chi connectivity index (χ0) is 17.4. The molecule has 0 radical (unpaired) electrons. The van der Waals surface area contributed by atoms with Gasteiger partial charge in [-0.1, -0.05) is 58.6 Å². The number of aromatic nitrogens is 1. The van der Waals surface area contributed by atoms with Crippen LogP contribution in [-0.2, 0) is 11.2 Å². The summed E-state index contributed by atoms with van der Waals surface area (Å²) in [6, 6.07) is 14.4. The highest BCUT2D eigenvalue weighted by atomic mass is 127. The topological polar surface area (TPSA) is 33.2 Å². The summed E-state index contributed by atoms with van der Waals surface area (Å²) in [6.45, 7) is 0. The molecule has 2 aromatic carbocycles. The quantitative estimate of drug-likeness (QED) is 0.169. The smallest absolute Gasteiger partial charge is 0.238 e. The number of carbonyl (C=O) groups excluding carboxylic acids is 1. The predicted molar refractivity (Wildman–Crippen MR) is 123 cm³/mol. The number of amides is 1. The predicted octanol–water partition coefficient (Wildman–Crippen LogP) is 5.73. The van der Waals surface area contributed by atoms with E-state index >= 15 is 0 Å². The summed E-state index contributed by atoms with van der Waals surface area (Å²) in [5.74, 6) is 0.581. The third kappa shape index (κ3) is 3.70. The van der Waals surface area contributed by atoms with Crippen LogP contribution in [-0.4, -0.2) is 20.7 Å². The van der Waals surface area contributed by atoms with Gasteiger partial charge in [0.25, 0.3) is 0 Å². The molecule has 0 saturated heterocycles. The first-order valence-electron chi connectivity index (χ1n) is 7.85. The van der Waals surface area contributed by atoms with Crippen LogP contribution < -0.4 is 4.90 Å². The number of rotatable bonds is 3. The van der Waals surface area contributed by atoms with Gasteiger partial charge in [0.2, 0.25) is 5.91 Å². The van der Waals surface area contributed by atoms with E-state index in [4.69, 9.17) is 0 Å². The van der Waals surface area contributed by atoms with Crippen molar-refractivity contribution >= 4 is 90.1 Å². The number of fused-ring (bicyclic) bond motifs is 2. The molecule has 0 spiro atoms. The molecule has 0 bridgehead atoms. The van der Waals surface area contributed by atoms with Crippen molar-refractivity contribution in [2.75, 3.05) is 10.7 Å². The van der Waals surface area contributed by atoms with Crippen LogP contribution in [0.2, 0.25) is 0 Å². The fourth-order valence-electron chi connectivity index (χ4n) is 2.96. The molecule has 4 rings (SSSR count). The maximum absolute atomic E-state index is 13.0. The van der Waals surface area contributed by atoms with Crippen molar-refractivity contribution in [2.24, 2.45) is 0 Å². The Hall–Kier alpha value is -0.390. The number of halogens is 2. The first-order valence-corrected chi connectivity index (χ1v) is 12.0. The Morgan fingerprint density at radius 1 is 1.28 bits per heavy atom. The normalized spacial score (nSPS) is 16.9. The number of nitrogens with zero attached hydrogens (tertiary/aromatic N) is 2. The highest BCUT2D eigenvalue weighted by Crippen LogP contribution is 2.38. The number of alkyl halides is 1. The van der Waals surface area contributed by atoms with Gasteiger partial charge in [0.15, 0.2) is 4.34 Å². The van der Waals surface area contributed by atoms with E-state index in [0.29, 0.717) is 5.75 Å². The van der Waals surface area contributed by atoms with Crippen LogP contribution >= 0.6 is 68.3 Å². The third-order valence-corrected chi connectivity index (χ3v) is 8.32. The van der Waals surface area contributed by atoms with Gasteiger partial charge >= 0.3 is 0 Å². The maximum Gasteiger partial charge on any atom is 0.238 e. The van der Waals surface area contributed by atoms with E-state index in [1.165, 1.54) is 10.3 Å². The molecule has 1 atom stereocenters. The van der Waals surface area contributed by atoms with E-state index in [2.05, 4.69) is 74.4 Å². The minimum absolute atomic E-state index is 0.161. The standard InChI is InChI=1S/C18H14I2N2OS2/c19-12-5-3-4-11-8-9-15(20)22(17(11)12)16(23)10-24-18-21-13-6-1-2-7-14(13)25-18/h1-7,15H,8-10H2. The van der Waals surface area contributed by atoms with Crippen molar-refractivity contribution in [3.05, 3.63) is 51.6 Å². The Labute approximate surface area is 181 Å². The van der Waals surface area contributed by atoms with E-state index in [9.17, 15) is 4.79 Å². The number of hydrogen-bond donors (Lipinski definition) is 0. The van der Waals surface area contributed by atoms with Crippen LogP contribution in [0.1, 0.15) is 12.0 Å². The lowest BCUT2D eigenvalue weighted by Gasteiger charge is -2.35. The summed E-state index contributed by atoms with van der Waals surface area (Å²) < 4.78 is 3.49. The zero-order valence-corrected chi connectivity index (χ0v) is 19.1. The van der Waals surface area contributed by atoms with Gasteiger partial charge in [0.05, 0.1) is 25.7 Å². The van der Waals surface area contributed by atoms with Crippen molar-refractivity contribution in [2.45, 2.75) is 21.2 Å². The Bertz CT molecular complexity index is 911. The molecule has 0 aliphatic carbocycles. The van der Waals surface area contributed by atoms with Gasteiger partial charge in [0, 0.05) is 3.57 Å². The van der Waals surface area contributed by atoms with Gasteiger partial charge in [-0.25, -0.2) is 4.98 Å². The molecule has 1 aromatic heterocycles. The monoisotopic (exact) mass is 592 g/mol. The van der Waals surface area contributed by atoms with Crippen LogP contribution in [0, 0.1) is 3.57 Å². The number of para-hydroxylation sites is 2. The molecule has 3 aromatic rings. The van der Waals surface area contributed by atoms with Crippen molar-refractivity contribution in [3.8, 4) is 0 Å². The second-order valence-corrected chi connectivity index (χ2v) is 10.6. The maximum atomic E-state index is 13.0. The minimum Gasteiger partial charge on any atom is -0.298 e. The summed E-state index contributed by atoms with van der Waals surface area (Å²) in [5.41, 5.74) is 3.38. The molecular weight excluding hydrogens is 578 g/mol. The zero-order valence-electron chi connectivity index (χ0n) is 13.1. The number of thioether (sulfide) groups is 1. The van der Waals surface area contributed by atoms with Crippen LogP contribution in [0.25, 0.3) is 10.2 Å². The van der Waals surface area contributed by atoms with Gasteiger partial charge in [0.1, 0.15) is 0 Å². The largest absolute Gasteiger partial charge is 0.298 e. The summed E-state index contributed by atoms with van der Waals surface area (Å²) in [6.07, 6.45) is 2.04. The molecule has 1 aliphatic rings. The van der Waals surface area contributed by atoms with Gasteiger partial charge in [-0.3, -0.25) is 9.69 Å². The van der Waals surface area contributed by atoms with E-state index in [1.807, 2.05) is 23.1 Å². The second kappa shape index (κ2) is 7.69. The van der Waals surface area contributed by atoms with E-state index < -0.39 is 0 Å². The minimum atomic E-state index is 0.161. The van der Waals surface area contributed by atoms with E-state index in [-0.39, 0.29) is 9.96 Å². The molecule has 7 heteroatoms. The number of hydrogen-bond acceptors (Lipinski definition) is 4. The molecule has 0 fully saturated rings. The molecule has 3 nitrogen and oxygen atoms in total. The van der Waals surface area contributed by atoms with E-state index in [0.717, 1.165) is 32.0 Å². The highest BCUT2D eigenvalue weighted by molar-refractivity contribution is 14.1. The van der Waals surface area contributed by atoms with Gasteiger partial charge in [-0.2, -0.15) is 0 Å². The van der Waals surface area contributed by atoms with Crippen molar-refractivity contribution in [3.63, 3.8) is 0 Å². The molecule has 1 unspecified atom stereocenters. The lowest BCUT2D eigenvalue weighted by atomic mass is 10.0. The molecule has 0 N–H and O–H groups in total. The molecule has 2 heterocycles. The Morgan fingerprint density at radius 3 is 2.96 bits per heavy atom. The summed E-state index contributed by atoms with van der Waals surface area (Å²) in [7, 11) is 0. The summed E-state index contributed by atoms with van der Waals surface area (Å²) >= 11 is 7.92. The molecule has 25 heavy (non-hydrogen) atoms. The number of aryl methyl sites for hydroxylation is 1. The first-order chi connectivity index (χ1) is 12.1. The molecule has 128 valence electrons. The molecule has 1 aliphatic heterocycles. The lowest BCUT2D eigenvalue weighted by Crippen LogP contribution is -2.42. The molecular formula is C18H14I2N2OS2. The van der Waals surface area contributed by atoms with Crippen molar-refractivity contribution in [1.29, 1.82) is 0 Å². The van der Waals surface area contributed by atoms with Gasteiger partial charge < -0.3 is 0 Å². The fourth-order valence-corrected chi connectivity index (χ4v) is 6.60. The summed E-state index contributed by atoms with van der Waals surface area (Å²) in [4.78, 5) is 19.6. The average Bonchev–Trinajstić information content (AvgIpc) is 3.03. The van der Waals surface area contributed by atoms with Gasteiger partial charge in [-0.15, -0.1) is 11.3 Å². The van der Waals surface area contributed by atoms with E-state index in [1.54, 1.807) is 23.1 Å².